The van der Waals surface area contributed by atoms with Crippen molar-refractivity contribution < 1.29 is 17.6 Å². The number of halogens is 4. The van der Waals surface area contributed by atoms with Gasteiger partial charge in [-0.3, -0.25) is 9.89 Å². The van der Waals surface area contributed by atoms with Gasteiger partial charge in [0.05, 0.1) is 17.3 Å². The van der Waals surface area contributed by atoms with Crippen molar-refractivity contribution in [1.82, 2.24) is 10.2 Å². The quantitative estimate of drug-likeness (QED) is 0.702. The number of hydrogen-bond donors (Lipinski definition) is 1. The highest BCUT2D eigenvalue weighted by Gasteiger charge is 2.38. The lowest BCUT2D eigenvalue weighted by Crippen LogP contribution is -2.53. The Morgan fingerprint density at radius 2 is 1.85 bits per heavy atom. The minimum Gasteiger partial charge on any atom is -0.351 e. The van der Waals surface area contributed by atoms with Crippen LogP contribution in [0.2, 0.25) is 0 Å². The highest BCUT2D eigenvalue weighted by molar-refractivity contribution is 6.48. The fraction of sp³-hybridized carbons (Fsp3) is 0.444. The molecule has 0 saturated carbocycles. The van der Waals surface area contributed by atoms with Gasteiger partial charge >= 0.3 is 6.18 Å². The lowest BCUT2D eigenvalue weighted by Gasteiger charge is -2.39. The van der Waals surface area contributed by atoms with Gasteiger partial charge in [0.25, 0.3) is 0 Å². The predicted molar refractivity (Wildman–Crippen MR) is 96.1 cm³/mol. The molecule has 9 heteroatoms. The molecule has 4 rings (SSSR count). The highest BCUT2D eigenvalue weighted by atomic mass is 19.4. The van der Waals surface area contributed by atoms with Crippen LogP contribution in [0.3, 0.4) is 0 Å². The van der Waals surface area contributed by atoms with E-state index in [9.17, 15) is 17.6 Å². The fourth-order valence-corrected chi connectivity index (χ4v) is 3.36. The van der Waals surface area contributed by atoms with Crippen molar-refractivity contribution in [2.24, 2.45) is 9.98 Å². The van der Waals surface area contributed by atoms with Crippen molar-refractivity contribution in [2.45, 2.75) is 26.1 Å². The molecule has 1 fully saturated rings. The molecule has 0 radical (unpaired) electrons. The molecule has 0 amide bonds. The Labute approximate surface area is 154 Å². The Morgan fingerprint density at radius 3 is 2.52 bits per heavy atom. The number of fused-ring (bicyclic) bond motifs is 3. The van der Waals surface area contributed by atoms with E-state index < -0.39 is 17.6 Å². The predicted octanol–water partition coefficient (Wildman–Crippen LogP) is 3.30. The molecule has 0 aromatic heterocycles. The maximum absolute atomic E-state index is 14.6. The number of nitrogens with one attached hydrogen (secondary N) is 1. The lowest BCUT2D eigenvalue weighted by atomic mass is 10.1. The molecule has 0 bridgehead atoms. The van der Waals surface area contributed by atoms with E-state index in [2.05, 4.69) is 15.3 Å². The zero-order valence-corrected chi connectivity index (χ0v) is 14.9. The van der Waals surface area contributed by atoms with Crippen molar-refractivity contribution in [3.63, 3.8) is 0 Å². The third kappa shape index (κ3) is 3.09. The number of hydrogen-bond acceptors (Lipinski definition) is 5. The molecule has 3 aliphatic rings. The molecule has 144 valence electrons. The van der Waals surface area contributed by atoms with Crippen LogP contribution in [-0.2, 0) is 6.18 Å². The molecule has 1 atom stereocenters. The Bertz CT molecular complexity index is 865. The lowest BCUT2D eigenvalue weighted by molar-refractivity contribution is -0.137. The minimum atomic E-state index is -4.64. The first-order valence-electron chi connectivity index (χ1n) is 8.76. The summed E-state index contributed by atoms with van der Waals surface area (Å²) in [5.74, 6) is -0.0318. The average molecular weight is 381 g/mol. The van der Waals surface area contributed by atoms with E-state index in [1.165, 1.54) is 4.90 Å². The van der Waals surface area contributed by atoms with E-state index in [1.54, 1.807) is 6.20 Å². The first-order valence-corrected chi connectivity index (χ1v) is 8.76. The molecule has 1 unspecified atom stereocenters. The van der Waals surface area contributed by atoms with Crippen molar-refractivity contribution in [3.8, 4) is 0 Å². The van der Waals surface area contributed by atoms with Crippen LogP contribution in [0.5, 0.6) is 0 Å². The van der Waals surface area contributed by atoms with Gasteiger partial charge in [-0.1, -0.05) is 0 Å². The molecular formula is C18H19F4N5. The number of piperazine rings is 1. The summed E-state index contributed by atoms with van der Waals surface area (Å²) in [6.07, 6.45) is -2.92. The third-order valence-corrected chi connectivity index (χ3v) is 5.00. The van der Waals surface area contributed by atoms with E-state index in [0.717, 1.165) is 24.7 Å². The maximum Gasteiger partial charge on any atom is 0.416 e. The van der Waals surface area contributed by atoms with E-state index in [1.807, 2.05) is 18.7 Å². The number of alkyl halides is 3. The summed E-state index contributed by atoms with van der Waals surface area (Å²) in [6.45, 7) is 6.59. The van der Waals surface area contributed by atoms with Crippen LogP contribution in [0.25, 0.3) is 0 Å². The van der Waals surface area contributed by atoms with Gasteiger partial charge in [0.2, 0.25) is 0 Å². The monoisotopic (exact) mass is 381 g/mol. The number of rotatable bonds is 0. The smallest absolute Gasteiger partial charge is 0.351 e. The molecule has 1 saturated heterocycles. The molecule has 1 aromatic carbocycles. The SMILES string of the molecule is CC1=CN2C(=NC1C)C(N1CCNCC1)=Nc1c(F)cc(C(F)(F)F)cc12. The molecule has 5 nitrogen and oxygen atoms in total. The van der Waals surface area contributed by atoms with Gasteiger partial charge in [-0.2, -0.15) is 13.2 Å². The van der Waals surface area contributed by atoms with Crippen molar-refractivity contribution in [1.29, 1.82) is 0 Å². The Kier molecular flexibility index (Phi) is 4.21. The van der Waals surface area contributed by atoms with Crippen molar-refractivity contribution >= 4 is 23.0 Å². The summed E-state index contributed by atoms with van der Waals surface area (Å²) in [6, 6.07) is 1.32. The minimum absolute atomic E-state index is 0.0613. The van der Waals surface area contributed by atoms with Crippen LogP contribution in [0.15, 0.2) is 33.9 Å². The van der Waals surface area contributed by atoms with Crippen LogP contribution in [0, 0.1) is 5.82 Å². The largest absolute Gasteiger partial charge is 0.416 e. The molecular weight excluding hydrogens is 362 g/mol. The molecule has 0 spiro atoms. The second-order valence-corrected chi connectivity index (χ2v) is 6.87. The van der Waals surface area contributed by atoms with E-state index >= 15 is 0 Å². The standard InChI is InChI=1S/C18H19F4N5/c1-10-9-27-14-8-12(18(20,21)22)7-13(19)15(14)25-16(17(27)24-11(10)2)26-5-3-23-4-6-26/h7-9,11,23H,3-6H2,1-2H3. The summed E-state index contributed by atoms with van der Waals surface area (Å²) in [5, 5.41) is 3.24. The van der Waals surface area contributed by atoms with Gasteiger partial charge in [0, 0.05) is 32.4 Å². The number of amidine groups is 2. The zero-order valence-electron chi connectivity index (χ0n) is 14.9. The molecule has 3 heterocycles. The molecule has 27 heavy (non-hydrogen) atoms. The first kappa shape index (κ1) is 18.0. The Morgan fingerprint density at radius 1 is 1.15 bits per heavy atom. The van der Waals surface area contributed by atoms with Gasteiger partial charge in [0.1, 0.15) is 5.69 Å². The van der Waals surface area contributed by atoms with E-state index in [4.69, 9.17) is 0 Å². The zero-order chi connectivity index (χ0) is 19.3. The number of anilines is 1. The second-order valence-electron chi connectivity index (χ2n) is 6.87. The van der Waals surface area contributed by atoms with E-state index in [0.29, 0.717) is 30.8 Å². The van der Waals surface area contributed by atoms with Gasteiger partial charge in [-0.05, 0) is 31.6 Å². The molecule has 1 N–H and O–H groups in total. The van der Waals surface area contributed by atoms with Crippen molar-refractivity contribution in [2.75, 3.05) is 31.1 Å². The van der Waals surface area contributed by atoms with Crippen LogP contribution in [0.4, 0.5) is 28.9 Å². The number of benzene rings is 1. The Hall–Kier alpha value is -2.42. The van der Waals surface area contributed by atoms with Crippen LogP contribution >= 0.6 is 0 Å². The average Bonchev–Trinajstić information content (AvgIpc) is 2.62. The molecule has 1 aromatic rings. The van der Waals surface area contributed by atoms with Gasteiger partial charge in [-0.25, -0.2) is 9.38 Å². The number of nitrogens with zero attached hydrogens (tertiary/aromatic N) is 4. The topological polar surface area (TPSA) is 43.2 Å². The number of aliphatic imine (C=N–C) groups is 2. The summed E-state index contributed by atoms with van der Waals surface area (Å²) in [7, 11) is 0. The molecule has 3 aliphatic heterocycles. The van der Waals surface area contributed by atoms with Crippen LogP contribution in [-0.4, -0.2) is 48.8 Å². The van der Waals surface area contributed by atoms with Crippen LogP contribution < -0.4 is 10.2 Å². The van der Waals surface area contributed by atoms with Gasteiger partial charge < -0.3 is 10.2 Å². The summed E-state index contributed by atoms with van der Waals surface area (Å²) < 4.78 is 54.2. The van der Waals surface area contributed by atoms with Crippen LogP contribution in [0.1, 0.15) is 19.4 Å². The summed E-state index contributed by atoms with van der Waals surface area (Å²) >= 11 is 0. The van der Waals surface area contributed by atoms with E-state index in [-0.39, 0.29) is 17.4 Å². The highest BCUT2D eigenvalue weighted by Crippen LogP contribution is 2.42. The first-order chi connectivity index (χ1) is 12.8. The van der Waals surface area contributed by atoms with Gasteiger partial charge in [-0.15, -0.1) is 0 Å². The summed E-state index contributed by atoms with van der Waals surface area (Å²) in [4.78, 5) is 12.6. The van der Waals surface area contributed by atoms with Crippen molar-refractivity contribution in [3.05, 3.63) is 35.3 Å². The normalized spacial score (nSPS) is 22.6. The van der Waals surface area contributed by atoms with Gasteiger partial charge in [0.15, 0.2) is 17.5 Å². The Balaban J connectivity index is 1.90. The molecule has 0 aliphatic carbocycles. The fourth-order valence-electron chi connectivity index (χ4n) is 3.36. The third-order valence-electron chi connectivity index (χ3n) is 5.00. The summed E-state index contributed by atoms with van der Waals surface area (Å²) in [5.41, 5.74) is -0.187. The maximum atomic E-state index is 14.6. The second kappa shape index (κ2) is 6.33.